The number of unbranched alkanes of at least 4 members (excludes halogenated alkanes) is 48. The first-order chi connectivity index (χ1) is 36.5. The van der Waals surface area contributed by atoms with Gasteiger partial charge >= 0.3 is 5.97 Å². The molecule has 0 aliphatic carbocycles. The number of amides is 1. The Bertz CT molecular complexity index is 1150. The first-order valence-electron chi connectivity index (χ1n) is 33.6. The number of allylic oxidation sites excluding steroid dienone is 4. The number of ether oxygens (including phenoxy) is 1. The minimum absolute atomic E-state index is 0.00895. The maximum Gasteiger partial charge on any atom is 0.305 e. The van der Waals surface area contributed by atoms with Gasteiger partial charge in [0.2, 0.25) is 5.91 Å². The van der Waals surface area contributed by atoms with Crippen LogP contribution in [0.15, 0.2) is 24.3 Å². The molecular weight excluding hydrogens is 911 g/mol. The Morgan fingerprint density at radius 3 is 0.959 bits per heavy atom. The fourth-order valence-electron chi connectivity index (χ4n) is 10.6. The second-order valence-electron chi connectivity index (χ2n) is 23.1. The van der Waals surface area contributed by atoms with E-state index >= 15 is 0 Å². The molecule has 0 aromatic rings. The lowest BCUT2D eigenvalue weighted by molar-refractivity contribution is -0.143. The van der Waals surface area contributed by atoms with E-state index in [9.17, 15) is 19.8 Å². The van der Waals surface area contributed by atoms with Crippen LogP contribution in [0.5, 0.6) is 0 Å². The zero-order valence-electron chi connectivity index (χ0n) is 50.1. The van der Waals surface area contributed by atoms with Gasteiger partial charge < -0.3 is 20.3 Å². The van der Waals surface area contributed by atoms with Crippen LogP contribution in [-0.2, 0) is 14.3 Å². The number of hydrogen-bond acceptors (Lipinski definition) is 5. The van der Waals surface area contributed by atoms with Crippen molar-refractivity contribution in [1.29, 1.82) is 0 Å². The van der Waals surface area contributed by atoms with Gasteiger partial charge in [0.1, 0.15) is 0 Å². The van der Waals surface area contributed by atoms with Crippen molar-refractivity contribution in [1.82, 2.24) is 5.32 Å². The minimum atomic E-state index is -0.662. The van der Waals surface area contributed by atoms with E-state index in [1.807, 2.05) is 0 Å². The average Bonchev–Trinajstić information content (AvgIpc) is 3.40. The van der Waals surface area contributed by atoms with Crippen molar-refractivity contribution in [3.05, 3.63) is 24.3 Å². The maximum atomic E-state index is 12.5. The topological polar surface area (TPSA) is 95.9 Å². The summed E-state index contributed by atoms with van der Waals surface area (Å²) in [4.78, 5) is 24.5. The van der Waals surface area contributed by atoms with Crippen molar-refractivity contribution < 1.29 is 24.5 Å². The summed E-state index contributed by atoms with van der Waals surface area (Å²) >= 11 is 0. The van der Waals surface area contributed by atoms with E-state index in [1.54, 1.807) is 0 Å². The summed E-state index contributed by atoms with van der Waals surface area (Å²) in [5.41, 5.74) is 0. The highest BCUT2D eigenvalue weighted by atomic mass is 16.5. The van der Waals surface area contributed by atoms with Gasteiger partial charge in [0, 0.05) is 12.8 Å². The Balaban J connectivity index is 3.35. The fraction of sp³-hybridized carbons (Fsp3) is 0.912. The maximum absolute atomic E-state index is 12.5. The molecule has 0 aliphatic heterocycles. The molecule has 438 valence electrons. The first-order valence-corrected chi connectivity index (χ1v) is 33.6. The molecule has 3 N–H and O–H groups in total. The molecular formula is C68H131NO5. The SMILES string of the molecule is CCCCCCC/C=C\CCCCCCCC(=O)OCCCCCCCCCCCCCC/C=C\CCCCCCCCCCCCCCCCC(=O)NC(CO)C(O)CCCCCCCCCCCCCCC. The Labute approximate surface area is 462 Å². The smallest absolute Gasteiger partial charge is 0.305 e. The van der Waals surface area contributed by atoms with Crippen LogP contribution in [0, 0.1) is 0 Å². The van der Waals surface area contributed by atoms with E-state index in [2.05, 4.69) is 43.5 Å². The van der Waals surface area contributed by atoms with Crippen LogP contribution in [0.3, 0.4) is 0 Å². The summed E-state index contributed by atoms with van der Waals surface area (Å²) in [6.07, 6.45) is 79.3. The zero-order chi connectivity index (χ0) is 53.6. The normalized spacial score (nSPS) is 12.6. The molecule has 0 fully saturated rings. The molecule has 0 aliphatic rings. The summed E-state index contributed by atoms with van der Waals surface area (Å²) in [6.45, 7) is 4.96. The Morgan fingerprint density at radius 1 is 0.365 bits per heavy atom. The van der Waals surface area contributed by atoms with Crippen LogP contribution < -0.4 is 5.32 Å². The van der Waals surface area contributed by atoms with Crippen LogP contribution in [-0.4, -0.2) is 47.4 Å². The summed E-state index contributed by atoms with van der Waals surface area (Å²) in [5, 5.41) is 23.3. The number of rotatable bonds is 63. The molecule has 0 aromatic carbocycles. The molecule has 2 unspecified atom stereocenters. The summed E-state index contributed by atoms with van der Waals surface area (Å²) in [5.74, 6) is -0.0228. The number of carbonyl (C=O) groups excluding carboxylic acids is 2. The van der Waals surface area contributed by atoms with Crippen LogP contribution in [0.2, 0.25) is 0 Å². The number of aliphatic hydroxyl groups is 2. The van der Waals surface area contributed by atoms with Crippen LogP contribution in [0.4, 0.5) is 0 Å². The van der Waals surface area contributed by atoms with Gasteiger partial charge in [-0.25, -0.2) is 0 Å². The minimum Gasteiger partial charge on any atom is -0.466 e. The zero-order valence-corrected chi connectivity index (χ0v) is 50.1. The molecule has 6 nitrogen and oxygen atoms in total. The van der Waals surface area contributed by atoms with E-state index in [0.29, 0.717) is 25.9 Å². The highest BCUT2D eigenvalue weighted by molar-refractivity contribution is 5.76. The van der Waals surface area contributed by atoms with Crippen LogP contribution >= 0.6 is 0 Å². The van der Waals surface area contributed by atoms with Gasteiger partial charge in [-0.05, 0) is 77.0 Å². The lowest BCUT2D eigenvalue weighted by atomic mass is 10.0. The quantitative estimate of drug-likeness (QED) is 0.0320. The Hall–Kier alpha value is -1.66. The highest BCUT2D eigenvalue weighted by Gasteiger charge is 2.20. The van der Waals surface area contributed by atoms with Gasteiger partial charge in [0.15, 0.2) is 0 Å². The highest BCUT2D eigenvalue weighted by Crippen LogP contribution is 2.18. The number of hydrogen-bond donors (Lipinski definition) is 3. The van der Waals surface area contributed by atoms with Crippen LogP contribution in [0.25, 0.3) is 0 Å². The second-order valence-corrected chi connectivity index (χ2v) is 23.1. The number of esters is 1. The molecule has 0 saturated carbocycles. The van der Waals surface area contributed by atoms with Gasteiger partial charge in [-0.15, -0.1) is 0 Å². The van der Waals surface area contributed by atoms with Gasteiger partial charge in [-0.1, -0.05) is 308 Å². The molecule has 0 aromatic heterocycles. The van der Waals surface area contributed by atoms with Gasteiger partial charge in [0.25, 0.3) is 0 Å². The predicted molar refractivity (Wildman–Crippen MR) is 324 cm³/mol. The number of carbonyl (C=O) groups is 2. The molecule has 0 bridgehead atoms. The Kier molecular flexibility index (Phi) is 62.4. The van der Waals surface area contributed by atoms with Gasteiger partial charge in [-0.3, -0.25) is 9.59 Å². The third-order valence-electron chi connectivity index (χ3n) is 15.7. The van der Waals surface area contributed by atoms with E-state index in [4.69, 9.17) is 4.74 Å². The molecule has 0 saturated heterocycles. The molecule has 0 radical (unpaired) electrons. The number of aliphatic hydroxyl groups excluding tert-OH is 2. The first kappa shape index (κ1) is 72.3. The molecule has 6 heteroatoms. The molecule has 0 spiro atoms. The molecule has 74 heavy (non-hydrogen) atoms. The lowest BCUT2D eigenvalue weighted by Gasteiger charge is -2.22. The monoisotopic (exact) mass is 1040 g/mol. The van der Waals surface area contributed by atoms with Crippen LogP contribution in [0.1, 0.15) is 373 Å². The van der Waals surface area contributed by atoms with Gasteiger partial charge in [0.05, 0.1) is 25.4 Å². The Morgan fingerprint density at radius 2 is 0.635 bits per heavy atom. The molecule has 1 amide bonds. The van der Waals surface area contributed by atoms with E-state index in [0.717, 1.165) is 44.9 Å². The van der Waals surface area contributed by atoms with E-state index in [-0.39, 0.29) is 18.5 Å². The van der Waals surface area contributed by atoms with Crippen molar-refractivity contribution in [3.8, 4) is 0 Å². The van der Waals surface area contributed by atoms with E-state index in [1.165, 1.54) is 295 Å². The van der Waals surface area contributed by atoms with Crippen molar-refractivity contribution >= 4 is 11.9 Å². The van der Waals surface area contributed by atoms with E-state index < -0.39 is 12.1 Å². The third kappa shape index (κ3) is 59.6. The number of nitrogens with one attached hydrogen (secondary N) is 1. The average molecular weight is 1040 g/mol. The fourth-order valence-corrected chi connectivity index (χ4v) is 10.6. The summed E-state index contributed by atoms with van der Waals surface area (Å²) < 4.78 is 5.48. The van der Waals surface area contributed by atoms with Crippen molar-refractivity contribution in [2.75, 3.05) is 13.2 Å². The largest absolute Gasteiger partial charge is 0.466 e. The summed E-state index contributed by atoms with van der Waals surface area (Å²) in [7, 11) is 0. The van der Waals surface area contributed by atoms with Crippen molar-refractivity contribution in [2.24, 2.45) is 0 Å². The lowest BCUT2D eigenvalue weighted by Crippen LogP contribution is -2.45. The second kappa shape index (κ2) is 63.9. The molecule has 0 heterocycles. The molecule has 2 atom stereocenters. The third-order valence-corrected chi connectivity index (χ3v) is 15.7. The van der Waals surface area contributed by atoms with Crippen molar-refractivity contribution in [3.63, 3.8) is 0 Å². The predicted octanol–water partition coefficient (Wildman–Crippen LogP) is 21.4. The van der Waals surface area contributed by atoms with Gasteiger partial charge in [-0.2, -0.15) is 0 Å². The standard InChI is InChI=1S/C68H131NO5/c1-3-5-7-9-11-13-15-17-38-42-46-50-54-58-62-68(73)74-63-59-55-51-47-43-39-35-33-31-29-27-25-23-21-19-18-20-22-24-26-28-30-32-34-37-41-45-49-53-57-61-67(72)69-65(64-70)66(71)60-56-52-48-44-40-36-16-14-12-10-8-6-4-2/h15,17,19,21,65-66,70-71H,3-14,16,18,20,22-64H2,1-2H3,(H,69,72)/b17-15-,21-19-. The summed E-state index contributed by atoms with van der Waals surface area (Å²) in [6, 6.07) is -0.539. The van der Waals surface area contributed by atoms with Crippen molar-refractivity contribution in [2.45, 2.75) is 386 Å². The molecule has 0 rings (SSSR count).